The number of hydrogen-bond donors (Lipinski definition) is 1. The van der Waals surface area contributed by atoms with Crippen LogP contribution >= 0.6 is 23.5 Å². The maximum absolute atomic E-state index is 12.4. The molecular weight excluding hydrogens is 338 g/mol. The van der Waals surface area contributed by atoms with Gasteiger partial charge in [0.15, 0.2) is 5.76 Å². The molecule has 0 saturated carbocycles. The summed E-state index contributed by atoms with van der Waals surface area (Å²) in [6.07, 6.45) is 2.56. The maximum Gasteiger partial charge on any atom is 0.255 e. The molecular formula is C19H19NO2S2. The fourth-order valence-corrected chi connectivity index (χ4v) is 3.79. The van der Waals surface area contributed by atoms with Gasteiger partial charge in [0.25, 0.3) is 5.12 Å². The first-order chi connectivity index (χ1) is 11.8. The standard InChI is InChI=1S/C19H19NO2S2/c1-23-19(21)18(22-13-14-7-3-2-4-8-14)16-11-12-24-17-10-6-5-9-15(17)20-16/h2-10,20H,11-13H2,1H3/b18-16-. The van der Waals surface area contributed by atoms with Crippen LogP contribution in [-0.2, 0) is 16.1 Å². The average Bonchev–Trinajstić information content (AvgIpc) is 2.85. The second-order valence-corrected chi connectivity index (χ2v) is 7.21. The molecule has 1 heterocycles. The molecule has 0 aromatic heterocycles. The van der Waals surface area contributed by atoms with Crippen LogP contribution in [0, 0.1) is 0 Å². The number of carbonyl (C=O) groups excluding carboxylic acids is 1. The van der Waals surface area contributed by atoms with Gasteiger partial charge in [-0.1, -0.05) is 54.2 Å². The first-order valence-corrected chi connectivity index (χ1v) is 9.96. The summed E-state index contributed by atoms with van der Waals surface area (Å²) >= 11 is 2.98. The minimum atomic E-state index is -0.0437. The van der Waals surface area contributed by atoms with Crippen molar-refractivity contribution in [3.8, 4) is 0 Å². The summed E-state index contributed by atoms with van der Waals surface area (Å²) in [6.45, 7) is 0.391. The number of anilines is 1. The van der Waals surface area contributed by atoms with E-state index in [2.05, 4.69) is 11.4 Å². The molecule has 0 radical (unpaired) electrons. The summed E-state index contributed by atoms with van der Waals surface area (Å²) in [5.41, 5.74) is 2.94. The van der Waals surface area contributed by atoms with Crippen LogP contribution < -0.4 is 5.32 Å². The van der Waals surface area contributed by atoms with Crippen molar-refractivity contribution in [3.63, 3.8) is 0 Å². The van der Waals surface area contributed by atoms with Crippen molar-refractivity contribution in [2.45, 2.75) is 17.9 Å². The molecule has 0 saturated heterocycles. The molecule has 0 fully saturated rings. The number of ether oxygens (including phenoxy) is 1. The Kier molecular flexibility index (Phi) is 5.88. The van der Waals surface area contributed by atoms with E-state index >= 15 is 0 Å². The first-order valence-electron chi connectivity index (χ1n) is 7.75. The minimum absolute atomic E-state index is 0.0437. The number of hydrogen-bond acceptors (Lipinski definition) is 5. The van der Waals surface area contributed by atoms with E-state index in [1.54, 1.807) is 18.0 Å². The summed E-state index contributed by atoms with van der Waals surface area (Å²) in [6, 6.07) is 18.1. The third kappa shape index (κ3) is 4.16. The van der Waals surface area contributed by atoms with Crippen LogP contribution in [0.2, 0.25) is 0 Å². The normalized spacial score (nSPS) is 15.7. The molecule has 124 valence electrons. The highest BCUT2D eigenvalue weighted by Gasteiger charge is 2.20. The van der Waals surface area contributed by atoms with Crippen molar-refractivity contribution in [2.75, 3.05) is 17.3 Å². The molecule has 1 aliphatic rings. The summed E-state index contributed by atoms with van der Waals surface area (Å²) in [5.74, 6) is 1.35. The van der Waals surface area contributed by atoms with E-state index in [1.165, 1.54) is 16.7 Å². The van der Waals surface area contributed by atoms with Gasteiger partial charge in [0.2, 0.25) is 0 Å². The Labute approximate surface area is 150 Å². The quantitative estimate of drug-likeness (QED) is 0.621. The highest BCUT2D eigenvalue weighted by atomic mass is 32.2. The second kappa shape index (κ2) is 8.31. The van der Waals surface area contributed by atoms with Gasteiger partial charge in [0.1, 0.15) is 6.61 Å². The number of allylic oxidation sites excluding steroid dienone is 1. The van der Waals surface area contributed by atoms with E-state index in [-0.39, 0.29) is 5.12 Å². The molecule has 2 aromatic rings. The minimum Gasteiger partial charge on any atom is -0.482 e. The number of fused-ring (bicyclic) bond motifs is 1. The van der Waals surface area contributed by atoms with E-state index in [9.17, 15) is 4.79 Å². The maximum atomic E-state index is 12.4. The summed E-state index contributed by atoms with van der Waals surface area (Å²) in [5, 5.41) is 3.37. The SMILES string of the molecule is CSC(=O)/C(OCc1ccccc1)=C1\CCSc2ccccc2N1. The van der Waals surface area contributed by atoms with Crippen molar-refractivity contribution in [3.05, 3.63) is 71.6 Å². The van der Waals surface area contributed by atoms with Crippen molar-refractivity contribution in [1.29, 1.82) is 0 Å². The summed E-state index contributed by atoms with van der Waals surface area (Å²) < 4.78 is 5.93. The van der Waals surface area contributed by atoms with Gasteiger partial charge >= 0.3 is 0 Å². The largest absolute Gasteiger partial charge is 0.482 e. The summed E-state index contributed by atoms with van der Waals surface area (Å²) in [7, 11) is 0. The van der Waals surface area contributed by atoms with Gasteiger partial charge in [-0.25, -0.2) is 0 Å². The number of carbonyl (C=O) groups is 1. The monoisotopic (exact) mass is 357 g/mol. The first kappa shape index (κ1) is 17.0. The fraction of sp³-hybridized carbons (Fsp3) is 0.211. The van der Waals surface area contributed by atoms with Gasteiger partial charge in [0.05, 0.1) is 11.4 Å². The molecule has 0 aliphatic carbocycles. The zero-order valence-electron chi connectivity index (χ0n) is 13.5. The third-order valence-electron chi connectivity index (χ3n) is 3.65. The van der Waals surface area contributed by atoms with Gasteiger partial charge < -0.3 is 10.1 Å². The lowest BCUT2D eigenvalue weighted by atomic mass is 10.2. The molecule has 0 unspecified atom stereocenters. The lowest BCUT2D eigenvalue weighted by Gasteiger charge is -2.15. The van der Waals surface area contributed by atoms with Crippen molar-refractivity contribution in [2.24, 2.45) is 0 Å². The van der Waals surface area contributed by atoms with Crippen LogP contribution in [0.15, 0.2) is 70.9 Å². The van der Waals surface area contributed by atoms with Crippen molar-refractivity contribution in [1.82, 2.24) is 0 Å². The lowest BCUT2D eigenvalue weighted by molar-refractivity contribution is -0.111. The van der Waals surface area contributed by atoms with Crippen LogP contribution in [0.5, 0.6) is 0 Å². The van der Waals surface area contributed by atoms with Gasteiger partial charge in [0, 0.05) is 17.1 Å². The molecule has 24 heavy (non-hydrogen) atoms. The molecule has 3 nitrogen and oxygen atoms in total. The van der Waals surface area contributed by atoms with Gasteiger partial charge in [-0.15, -0.1) is 11.8 Å². The highest BCUT2D eigenvalue weighted by Crippen LogP contribution is 2.34. The molecule has 5 heteroatoms. The molecule has 0 bridgehead atoms. The molecule has 2 aromatic carbocycles. The number of rotatable bonds is 4. The summed E-state index contributed by atoms with van der Waals surface area (Å²) in [4.78, 5) is 13.6. The zero-order valence-corrected chi connectivity index (χ0v) is 15.1. The lowest BCUT2D eigenvalue weighted by Crippen LogP contribution is -2.12. The molecule has 0 amide bonds. The van der Waals surface area contributed by atoms with Crippen LogP contribution in [0.3, 0.4) is 0 Å². The number of nitrogens with one attached hydrogen (secondary N) is 1. The Bertz CT molecular complexity index is 744. The van der Waals surface area contributed by atoms with E-state index in [0.717, 1.165) is 29.1 Å². The number of benzene rings is 2. The molecule has 1 N–H and O–H groups in total. The molecule has 1 aliphatic heterocycles. The van der Waals surface area contributed by atoms with Crippen LogP contribution in [0.4, 0.5) is 5.69 Å². The van der Waals surface area contributed by atoms with E-state index in [0.29, 0.717) is 12.4 Å². The molecule has 0 atom stereocenters. The Morgan fingerprint density at radius 2 is 1.92 bits per heavy atom. The zero-order chi connectivity index (χ0) is 16.8. The van der Waals surface area contributed by atoms with Crippen LogP contribution in [-0.4, -0.2) is 17.1 Å². The number of para-hydroxylation sites is 1. The van der Waals surface area contributed by atoms with Crippen molar-refractivity contribution < 1.29 is 9.53 Å². The van der Waals surface area contributed by atoms with Crippen LogP contribution in [0.1, 0.15) is 12.0 Å². The van der Waals surface area contributed by atoms with Gasteiger partial charge in [-0.2, -0.15) is 0 Å². The highest BCUT2D eigenvalue weighted by molar-refractivity contribution is 8.13. The predicted molar refractivity (Wildman–Crippen MR) is 102 cm³/mol. The fourth-order valence-electron chi connectivity index (χ4n) is 2.45. The predicted octanol–water partition coefficient (Wildman–Crippen LogP) is 4.91. The van der Waals surface area contributed by atoms with Gasteiger partial charge in [-0.05, 0) is 24.0 Å². The molecule has 3 rings (SSSR count). The Balaban J connectivity index is 1.86. The Morgan fingerprint density at radius 3 is 2.71 bits per heavy atom. The second-order valence-electron chi connectivity index (χ2n) is 5.29. The molecule has 0 spiro atoms. The van der Waals surface area contributed by atoms with Gasteiger partial charge in [-0.3, -0.25) is 4.79 Å². The smallest absolute Gasteiger partial charge is 0.255 e. The Hall–Kier alpha value is -1.85. The van der Waals surface area contributed by atoms with E-state index < -0.39 is 0 Å². The topological polar surface area (TPSA) is 38.3 Å². The third-order valence-corrected chi connectivity index (χ3v) is 5.28. The van der Waals surface area contributed by atoms with Crippen LogP contribution in [0.25, 0.3) is 0 Å². The number of thioether (sulfide) groups is 2. The van der Waals surface area contributed by atoms with Crippen molar-refractivity contribution >= 4 is 34.3 Å². The van der Waals surface area contributed by atoms with E-state index in [1.807, 2.05) is 48.5 Å². The average molecular weight is 358 g/mol. The Morgan fingerprint density at radius 1 is 1.17 bits per heavy atom. The van der Waals surface area contributed by atoms with E-state index in [4.69, 9.17) is 4.74 Å².